The van der Waals surface area contributed by atoms with E-state index in [2.05, 4.69) is 34.2 Å². The highest BCUT2D eigenvalue weighted by atomic mass is 15.3. The number of rotatable bonds is 3. The molecular weight excluding hydrogens is 246 g/mol. The van der Waals surface area contributed by atoms with Gasteiger partial charge in [0.05, 0.1) is 6.54 Å². The number of terminal acetylenes is 1. The Kier molecular flexibility index (Phi) is 3.30. The van der Waals surface area contributed by atoms with Crippen molar-refractivity contribution in [3.05, 3.63) is 72.3 Å². The summed E-state index contributed by atoms with van der Waals surface area (Å²) in [5.41, 5.74) is 4.25. The largest absolute Gasteiger partial charge is 0.249 e. The Morgan fingerprint density at radius 3 is 2.65 bits per heavy atom. The molecule has 3 nitrogen and oxygen atoms in total. The highest BCUT2D eigenvalue weighted by molar-refractivity contribution is 5.71. The van der Waals surface area contributed by atoms with Crippen LogP contribution < -0.4 is 0 Å². The molecule has 0 radical (unpaired) electrons. The third-order valence-electron chi connectivity index (χ3n) is 3.14. The fourth-order valence-corrected chi connectivity index (χ4v) is 2.17. The summed E-state index contributed by atoms with van der Waals surface area (Å²) in [7, 11) is 0. The molecule has 96 valence electrons. The Hall–Kier alpha value is -2.86. The summed E-state index contributed by atoms with van der Waals surface area (Å²) in [6, 6.07) is 16.3. The first-order valence-corrected chi connectivity index (χ1v) is 6.34. The highest BCUT2D eigenvalue weighted by Gasteiger charge is 2.05. The molecule has 0 spiro atoms. The molecule has 3 aromatic rings. The van der Waals surface area contributed by atoms with Crippen LogP contribution >= 0.6 is 0 Å². The number of aromatic nitrogens is 3. The summed E-state index contributed by atoms with van der Waals surface area (Å²) in [6.07, 6.45) is 8.84. The predicted octanol–water partition coefficient (Wildman–Crippen LogP) is 2.97. The SMILES string of the molecule is C#Cc1ccc(Cn2cncn2)cc1-c1ccccc1. The van der Waals surface area contributed by atoms with E-state index in [1.54, 1.807) is 11.0 Å². The lowest BCUT2D eigenvalue weighted by Gasteiger charge is -2.08. The molecule has 0 saturated heterocycles. The highest BCUT2D eigenvalue weighted by Crippen LogP contribution is 2.24. The van der Waals surface area contributed by atoms with Gasteiger partial charge in [-0.05, 0) is 28.8 Å². The molecule has 0 saturated carbocycles. The molecule has 0 aliphatic carbocycles. The van der Waals surface area contributed by atoms with Gasteiger partial charge in [0.15, 0.2) is 0 Å². The molecule has 0 aliphatic heterocycles. The molecule has 0 amide bonds. The van der Waals surface area contributed by atoms with Crippen molar-refractivity contribution in [2.24, 2.45) is 0 Å². The van der Waals surface area contributed by atoms with Gasteiger partial charge in [-0.25, -0.2) is 9.67 Å². The Morgan fingerprint density at radius 1 is 1.10 bits per heavy atom. The van der Waals surface area contributed by atoms with Crippen molar-refractivity contribution in [2.45, 2.75) is 6.54 Å². The molecule has 1 heterocycles. The van der Waals surface area contributed by atoms with E-state index >= 15 is 0 Å². The van der Waals surface area contributed by atoms with Crippen LogP contribution in [0.1, 0.15) is 11.1 Å². The minimum absolute atomic E-state index is 0.685. The van der Waals surface area contributed by atoms with Crippen LogP contribution in [0.2, 0.25) is 0 Å². The lowest BCUT2D eigenvalue weighted by molar-refractivity contribution is 0.685. The summed E-state index contributed by atoms with van der Waals surface area (Å²) >= 11 is 0. The van der Waals surface area contributed by atoms with Crippen molar-refractivity contribution in [1.29, 1.82) is 0 Å². The van der Waals surface area contributed by atoms with Gasteiger partial charge in [-0.3, -0.25) is 0 Å². The van der Waals surface area contributed by atoms with Gasteiger partial charge >= 0.3 is 0 Å². The first kappa shape index (κ1) is 12.2. The lowest BCUT2D eigenvalue weighted by Crippen LogP contribution is -2.00. The third-order valence-corrected chi connectivity index (χ3v) is 3.14. The predicted molar refractivity (Wildman–Crippen MR) is 78.9 cm³/mol. The fraction of sp³-hybridized carbons (Fsp3) is 0.0588. The fourth-order valence-electron chi connectivity index (χ4n) is 2.17. The molecule has 1 aromatic heterocycles. The van der Waals surface area contributed by atoms with Crippen molar-refractivity contribution in [3.8, 4) is 23.5 Å². The van der Waals surface area contributed by atoms with E-state index in [0.717, 1.165) is 22.3 Å². The van der Waals surface area contributed by atoms with Gasteiger partial charge in [-0.2, -0.15) is 5.10 Å². The molecule has 0 aliphatic rings. The quantitative estimate of drug-likeness (QED) is 0.677. The number of benzene rings is 2. The average Bonchev–Trinajstić information content (AvgIpc) is 3.01. The van der Waals surface area contributed by atoms with Crippen molar-refractivity contribution >= 4 is 0 Å². The second-order valence-electron chi connectivity index (χ2n) is 4.48. The van der Waals surface area contributed by atoms with Crippen LogP contribution in [-0.4, -0.2) is 14.8 Å². The molecule has 3 rings (SSSR count). The summed E-state index contributed by atoms with van der Waals surface area (Å²) in [4.78, 5) is 3.95. The topological polar surface area (TPSA) is 30.7 Å². The maximum atomic E-state index is 5.60. The molecule has 0 fully saturated rings. The van der Waals surface area contributed by atoms with Crippen LogP contribution in [0.4, 0.5) is 0 Å². The van der Waals surface area contributed by atoms with Gasteiger partial charge < -0.3 is 0 Å². The normalized spacial score (nSPS) is 10.2. The molecule has 20 heavy (non-hydrogen) atoms. The van der Waals surface area contributed by atoms with Gasteiger partial charge in [0, 0.05) is 5.56 Å². The molecule has 0 bridgehead atoms. The van der Waals surface area contributed by atoms with Gasteiger partial charge in [-0.1, -0.05) is 42.3 Å². The Morgan fingerprint density at radius 2 is 1.95 bits per heavy atom. The number of hydrogen-bond acceptors (Lipinski definition) is 2. The van der Waals surface area contributed by atoms with E-state index < -0.39 is 0 Å². The summed E-state index contributed by atoms with van der Waals surface area (Å²) < 4.78 is 1.79. The summed E-state index contributed by atoms with van der Waals surface area (Å²) in [5, 5.41) is 4.12. The van der Waals surface area contributed by atoms with Gasteiger partial charge in [0.2, 0.25) is 0 Å². The smallest absolute Gasteiger partial charge is 0.137 e. The maximum absolute atomic E-state index is 5.60. The first-order chi connectivity index (χ1) is 9.86. The minimum atomic E-state index is 0.685. The number of nitrogens with zero attached hydrogens (tertiary/aromatic N) is 3. The standard InChI is InChI=1S/C17H13N3/c1-2-15-9-8-14(11-20-13-18-12-19-20)10-17(15)16-6-4-3-5-7-16/h1,3-10,12-13H,11H2. The molecule has 0 atom stereocenters. The zero-order valence-electron chi connectivity index (χ0n) is 10.9. The zero-order chi connectivity index (χ0) is 13.8. The van der Waals surface area contributed by atoms with Crippen LogP contribution in [-0.2, 0) is 6.54 Å². The molecule has 2 aromatic carbocycles. The second kappa shape index (κ2) is 5.41. The van der Waals surface area contributed by atoms with Crippen LogP contribution in [0.25, 0.3) is 11.1 Å². The van der Waals surface area contributed by atoms with Crippen LogP contribution in [0.5, 0.6) is 0 Å². The summed E-state index contributed by atoms with van der Waals surface area (Å²) in [6.45, 7) is 0.685. The van der Waals surface area contributed by atoms with Crippen molar-refractivity contribution < 1.29 is 0 Å². The number of hydrogen-bond donors (Lipinski definition) is 0. The molecule has 3 heteroatoms. The van der Waals surface area contributed by atoms with Crippen LogP contribution in [0, 0.1) is 12.3 Å². The summed E-state index contributed by atoms with van der Waals surface area (Å²) in [5.74, 6) is 2.75. The van der Waals surface area contributed by atoms with Crippen LogP contribution in [0.15, 0.2) is 61.2 Å². The Bertz CT molecular complexity index is 738. The van der Waals surface area contributed by atoms with E-state index in [1.165, 1.54) is 6.33 Å². The van der Waals surface area contributed by atoms with Crippen molar-refractivity contribution in [3.63, 3.8) is 0 Å². The minimum Gasteiger partial charge on any atom is -0.249 e. The van der Waals surface area contributed by atoms with Gasteiger partial charge in [-0.15, -0.1) is 6.42 Å². The van der Waals surface area contributed by atoms with E-state index in [0.29, 0.717) is 6.54 Å². The maximum Gasteiger partial charge on any atom is 0.137 e. The van der Waals surface area contributed by atoms with E-state index in [1.807, 2.05) is 30.3 Å². The zero-order valence-corrected chi connectivity index (χ0v) is 10.9. The third kappa shape index (κ3) is 2.45. The van der Waals surface area contributed by atoms with Gasteiger partial charge in [0.1, 0.15) is 12.7 Å². The Labute approximate surface area is 117 Å². The first-order valence-electron chi connectivity index (χ1n) is 6.34. The molecule has 0 unspecified atom stereocenters. The molecular formula is C17H13N3. The van der Waals surface area contributed by atoms with E-state index in [9.17, 15) is 0 Å². The lowest BCUT2D eigenvalue weighted by atomic mass is 9.97. The second-order valence-corrected chi connectivity index (χ2v) is 4.48. The van der Waals surface area contributed by atoms with E-state index in [4.69, 9.17) is 6.42 Å². The van der Waals surface area contributed by atoms with Crippen molar-refractivity contribution in [2.75, 3.05) is 0 Å². The average molecular weight is 259 g/mol. The Balaban J connectivity index is 2.02. The van der Waals surface area contributed by atoms with Gasteiger partial charge in [0.25, 0.3) is 0 Å². The van der Waals surface area contributed by atoms with Crippen molar-refractivity contribution in [1.82, 2.24) is 14.8 Å². The monoisotopic (exact) mass is 259 g/mol. The van der Waals surface area contributed by atoms with Crippen LogP contribution in [0.3, 0.4) is 0 Å². The molecule has 0 N–H and O–H groups in total. The van der Waals surface area contributed by atoms with E-state index in [-0.39, 0.29) is 0 Å².